The van der Waals surface area contributed by atoms with Crippen molar-refractivity contribution in [2.45, 2.75) is 19.3 Å². The van der Waals surface area contributed by atoms with Crippen LogP contribution in [0.4, 0.5) is 0 Å². The maximum atomic E-state index is 6.33. The average Bonchev–Trinajstić information content (AvgIpc) is 3.24. The highest BCUT2D eigenvalue weighted by Gasteiger charge is 2.33. The zero-order valence-electron chi connectivity index (χ0n) is 19.2. The number of aromatic nitrogens is 1. The lowest BCUT2D eigenvalue weighted by molar-refractivity contribution is 0.643. The summed E-state index contributed by atoms with van der Waals surface area (Å²) >= 11 is 0. The van der Waals surface area contributed by atoms with Crippen LogP contribution in [0.15, 0.2) is 108 Å². The minimum Gasteiger partial charge on any atom is -0.455 e. The van der Waals surface area contributed by atoms with Crippen molar-refractivity contribution in [1.29, 1.82) is 0 Å². The van der Waals surface area contributed by atoms with Gasteiger partial charge < -0.3 is 4.42 Å². The predicted octanol–water partition coefficient (Wildman–Crippen LogP) is 8.62. The van der Waals surface area contributed by atoms with E-state index in [0.29, 0.717) is 0 Å². The summed E-state index contributed by atoms with van der Waals surface area (Å²) in [5.74, 6) is 0. The van der Waals surface area contributed by atoms with Gasteiger partial charge in [-0.25, -0.2) is 0 Å². The SMILES string of the molecule is CC1(C)c2ccccc2-c2ccccc2-c2cc(-c3cccc4c3oc3ccccc34)ncc21. The third-order valence-corrected chi connectivity index (χ3v) is 7.37. The van der Waals surface area contributed by atoms with Crippen LogP contribution < -0.4 is 0 Å². The van der Waals surface area contributed by atoms with E-state index in [1.54, 1.807) is 0 Å². The van der Waals surface area contributed by atoms with E-state index in [2.05, 4.69) is 105 Å². The van der Waals surface area contributed by atoms with Gasteiger partial charge in [0, 0.05) is 27.9 Å². The van der Waals surface area contributed by atoms with E-state index >= 15 is 0 Å². The van der Waals surface area contributed by atoms with Crippen LogP contribution in [-0.4, -0.2) is 4.98 Å². The molecule has 2 nitrogen and oxygen atoms in total. The third-order valence-electron chi connectivity index (χ3n) is 7.37. The highest BCUT2D eigenvalue weighted by Crippen LogP contribution is 2.49. The molecule has 2 heteroatoms. The molecule has 0 saturated heterocycles. The zero-order chi connectivity index (χ0) is 22.9. The molecule has 34 heavy (non-hydrogen) atoms. The van der Waals surface area contributed by atoms with Crippen LogP contribution in [0, 0.1) is 0 Å². The molecule has 0 aliphatic heterocycles. The Morgan fingerprint density at radius 3 is 2.09 bits per heavy atom. The molecular formula is C32H23NO. The molecule has 0 radical (unpaired) electrons. The first-order chi connectivity index (χ1) is 16.6. The number of pyridine rings is 1. The topological polar surface area (TPSA) is 26.0 Å². The van der Waals surface area contributed by atoms with E-state index in [0.717, 1.165) is 33.2 Å². The Kier molecular flexibility index (Phi) is 3.93. The maximum Gasteiger partial charge on any atom is 0.144 e. The van der Waals surface area contributed by atoms with Crippen LogP contribution in [0.25, 0.3) is 55.4 Å². The van der Waals surface area contributed by atoms with Gasteiger partial charge in [0.2, 0.25) is 0 Å². The Morgan fingerprint density at radius 2 is 1.24 bits per heavy atom. The molecule has 1 aliphatic rings. The summed E-state index contributed by atoms with van der Waals surface area (Å²) in [5, 5.41) is 2.26. The molecule has 2 heterocycles. The van der Waals surface area contributed by atoms with Gasteiger partial charge in [-0.05, 0) is 51.6 Å². The highest BCUT2D eigenvalue weighted by molar-refractivity contribution is 6.09. The van der Waals surface area contributed by atoms with Gasteiger partial charge in [0.15, 0.2) is 0 Å². The van der Waals surface area contributed by atoms with E-state index < -0.39 is 0 Å². The summed E-state index contributed by atoms with van der Waals surface area (Å²) in [4.78, 5) is 5.01. The molecule has 0 bridgehead atoms. The summed E-state index contributed by atoms with van der Waals surface area (Å²) in [6.07, 6.45) is 2.07. The fourth-order valence-electron chi connectivity index (χ4n) is 5.63. The summed E-state index contributed by atoms with van der Waals surface area (Å²) in [6.45, 7) is 4.61. The van der Waals surface area contributed by atoms with Crippen molar-refractivity contribution in [2.75, 3.05) is 0 Å². The second-order valence-corrected chi connectivity index (χ2v) is 9.61. The Bertz CT molecular complexity index is 1740. The molecule has 4 aromatic carbocycles. The number of benzene rings is 4. The van der Waals surface area contributed by atoms with Crippen molar-refractivity contribution in [2.24, 2.45) is 0 Å². The van der Waals surface area contributed by atoms with Crippen molar-refractivity contribution in [3.8, 4) is 33.5 Å². The Hall–Kier alpha value is -4.17. The molecule has 0 saturated carbocycles. The number of hydrogen-bond donors (Lipinski definition) is 0. The fraction of sp³-hybridized carbons (Fsp3) is 0.0938. The number of hydrogen-bond acceptors (Lipinski definition) is 2. The van der Waals surface area contributed by atoms with Crippen LogP contribution in [-0.2, 0) is 5.41 Å². The molecule has 0 atom stereocenters. The Labute approximate surface area is 198 Å². The van der Waals surface area contributed by atoms with Crippen LogP contribution in [0.1, 0.15) is 25.0 Å². The van der Waals surface area contributed by atoms with Gasteiger partial charge in [0.05, 0.1) is 5.69 Å². The second-order valence-electron chi connectivity index (χ2n) is 9.61. The standard InChI is InChI=1S/C32H23NO/c1-32(2)27-16-7-5-12-22(27)20-10-3-4-11-21(20)26-18-29(33-19-28(26)32)25-15-9-14-24-23-13-6-8-17-30(23)34-31(24)25/h3-19H,1-2H3. The van der Waals surface area contributed by atoms with Crippen molar-refractivity contribution >= 4 is 21.9 Å². The van der Waals surface area contributed by atoms with E-state index in [-0.39, 0.29) is 5.41 Å². The van der Waals surface area contributed by atoms with Gasteiger partial charge in [-0.3, -0.25) is 4.98 Å². The van der Waals surface area contributed by atoms with Crippen molar-refractivity contribution in [1.82, 2.24) is 4.98 Å². The van der Waals surface area contributed by atoms with Crippen molar-refractivity contribution in [3.63, 3.8) is 0 Å². The third kappa shape index (κ3) is 2.60. The van der Waals surface area contributed by atoms with Crippen LogP contribution in [0.3, 0.4) is 0 Å². The minimum absolute atomic E-state index is 0.179. The Balaban J connectivity index is 1.53. The van der Waals surface area contributed by atoms with Crippen molar-refractivity contribution < 1.29 is 4.42 Å². The van der Waals surface area contributed by atoms with E-state index in [1.807, 2.05) is 12.1 Å². The molecular weight excluding hydrogens is 414 g/mol. The van der Waals surface area contributed by atoms with Crippen LogP contribution in [0.5, 0.6) is 0 Å². The van der Waals surface area contributed by atoms with Crippen molar-refractivity contribution in [3.05, 3.63) is 114 Å². The van der Waals surface area contributed by atoms with Gasteiger partial charge in [-0.15, -0.1) is 0 Å². The molecule has 0 N–H and O–H groups in total. The molecule has 1 aliphatic carbocycles. The quantitative estimate of drug-likeness (QED) is 0.257. The molecule has 0 fully saturated rings. The first-order valence-electron chi connectivity index (χ1n) is 11.7. The maximum absolute atomic E-state index is 6.33. The summed E-state index contributed by atoms with van der Waals surface area (Å²) in [6, 6.07) is 34.3. The van der Waals surface area contributed by atoms with E-state index in [9.17, 15) is 0 Å². The van der Waals surface area contributed by atoms with Gasteiger partial charge in [0.25, 0.3) is 0 Å². The summed E-state index contributed by atoms with van der Waals surface area (Å²) in [5.41, 5.74) is 11.2. The smallest absolute Gasteiger partial charge is 0.144 e. The molecule has 0 amide bonds. The van der Waals surface area contributed by atoms with Gasteiger partial charge in [0.1, 0.15) is 11.2 Å². The summed E-state index contributed by atoms with van der Waals surface area (Å²) < 4.78 is 6.33. The summed E-state index contributed by atoms with van der Waals surface area (Å²) in [7, 11) is 0. The first kappa shape index (κ1) is 19.3. The molecule has 0 unspecified atom stereocenters. The molecule has 6 aromatic rings. The lowest BCUT2D eigenvalue weighted by Gasteiger charge is -2.28. The van der Waals surface area contributed by atoms with Crippen LogP contribution in [0.2, 0.25) is 0 Å². The number of rotatable bonds is 1. The predicted molar refractivity (Wildman–Crippen MR) is 140 cm³/mol. The zero-order valence-corrected chi connectivity index (χ0v) is 19.2. The Morgan fingerprint density at radius 1 is 0.588 bits per heavy atom. The molecule has 2 aromatic heterocycles. The molecule has 0 spiro atoms. The lowest BCUT2D eigenvalue weighted by atomic mass is 9.76. The van der Waals surface area contributed by atoms with E-state index in [1.165, 1.54) is 33.4 Å². The number of fused-ring (bicyclic) bond motifs is 8. The monoisotopic (exact) mass is 437 g/mol. The largest absolute Gasteiger partial charge is 0.455 e. The number of furan rings is 1. The highest BCUT2D eigenvalue weighted by atomic mass is 16.3. The minimum atomic E-state index is -0.179. The van der Waals surface area contributed by atoms with Crippen LogP contribution >= 0.6 is 0 Å². The lowest BCUT2D eigenvalue weighted by Crippen LogP contribution is -2.20. The van der Waals surface area contributed by atoms with Gasteiger partial charge in [-0.2, -0.15) is 0 Å². The normalized spacial score (nSPS) is 13.8. The molecule has 162 valence electrons. The average molecular weight is 438 g/mol. The number of nitrogens with zero attached hydrogens (tertiary/aromatic N) is 1. The number of para-hydroxylation sites is 2. The van der Waals surface area contributed by atoms with Gasteiger partial charge in [-0.1, -0.05) is 92.7 Å². The first-order valence-corrected chi connectivity index (χ1v) is 11.7. The fourth-order valence-corrected chi connectivity index (χ4v) is 5.63. The molecule has 7 rings (SSSR count). The second kappa shape index (κ2) is 6.91. The van der Waals surface area contributed by atoms with E-state index in [4.69, 9.17) is 9.40 Å². The van der Waals surface area contributed by atoms with Gasteiger partial charge >= 0.3 is 0 Å².